The van der Waals surface area contributed by atoms with E-state index in [4.69, 9.17) is 21.4 Å². The number of hydrogen-bond acceptors (Lipinski definition) is 6. The summed E-state index contributed by atoms with van der Waals surface area (Å²) in [4.78, 5) is 24.0. The lowest BCUT2D eigenvalue weighted by Crippen LogP contribution is -2.62. The normalized spacial score (nSPS) is 16.4. The predicted octanol–water partition coefficient (Wildman–Crippen LogP) is 4.99. The number of piperidine rings is 1. The highest BCUT2D eigenvalue weighted by atomic mass is 35.5. The molecule has 1 saturated heterocycles. The molecule has 0 atom stereocenters. The van der Waals surface area contributed by atoms with Crippen LogP contribution in [0.2, 0.25) is 5.02 Å². The first-order valence-electron chi connectivity index (χ1n) is 12.2. The van der Waals surface area contributed by atoms with Crippen molar-refractivity contribution in [2.45, 2.75) is 64.2 Å². The van der Waals surface area contributed by atoms with Crippen LogP contribution >= 0.6 is 11.6 Å². The molecule has 10 heteroatoms. The van der Waals surface area contributed by atoms with Crippen LogP contribution in [0.1, 0.15) is 56.5 Å². The number of carboxylic acids is 1. The van der Waals surface area contributed by atoms with Crippen molar-refractivity contribution in [2.75, 3.05) is 0 Å². The second-order valence-electron chi connectivity index (χ2n) is 10.8. The molecule has 1 aliphatic rings. The van der Waals surface area contributed by atoms with Crippen LogP contribution in [0.3, 0.4) is 0 Å². The molecule has 1 fully saturated rings. The van der Waals surface area contributed by atoms with Gasteiger partial charge in [0.25, 0.3) is 5.91 Å². The monoisotopic (exact) mass is 535 g/mol. The lowest BCUT2D eigenvalue weighted by atomic mass is 9.79. The number of aromatic nitrogens is 2. The number of nitrogens with zero attached hydrogens (tertiary/aromatic N) is 3. The van der Waals surface area contributed by atoms with Gasteiger partial charge in [-0.3, -0.25) is 14.3 Å². The molecule has 1 aliphatic heterocycles. The molecular weight excluding hydrogens is 506 g/mol. The molecule has 0 radical (unpaired) electrons. The molecule has 3 N–H and O–H groups in total. The summed E-state index contributed by atoms with van der Waals surface area (Å²) in [5.41, 5.74) is 1.58. The van der Waals surface area contributed by atoms with E-state index in [1.54, 1.807) is 42.6 Å². The van der Waals surface area contributed by atoms with Crippen molar-refractivity contribution in [1.82, 2.24) is 20.4 Å². The predicted molar refractivity (Wildman–Crippen MR) is 143 cm³/mol. The molecule has 0 bridgehead atoms. The Morgan fingerprint density at radius 1 is 1.21 bits per heavy atom. The minimum atomic E-state index is -1.02. The van der Waals surface area contributed by atoms with Crippen molar-refractivity contribution in [3.63, 3.8) is 0 Å². The molecular formula is C28H30ClN5O4. The molecule has 2 heterocycles. The summed E-state index contributed by atoms with van der Waals surface area (Å²) < 4.78 is 7.26. The van der Waals surface area contributed by atoms with Crippen molar-refractivity contribution in [3.8, 4) is 28.7 Å². The number of nitrogens with one attached hydrogen (secondary N) is 2. The van der Waals surface area contributed by atoms with Gasteiger partial charge in [0.1, 0.15) is 29.7 Å². The zero-order chi connectivity index (χ0) is 27.7. The lowest BCUT2D eigenvalue weighted by molar-refractivity contribution is -0.137. The molecule has 2 aromatic carbocycles. The number of hydrogen-bond donors (Lipinski definition) is 3. The van der Waals surface area contributed by atoms with E-state index in [2.05, 4.69) is 49.5 Å². The summed E-state index contributed by atoms with van der Waals surface area (Å²) in [6.07, 6.45) is 4.66. The van der Waals surface area contributed by atoms with Crippen LogP contribution in [0.25, 0.3) is 11.1 Å². The Balaban J connectivity index is 1.52. The van der Waals surface area contributed by atoms with Gasteiger partial charge in [0.2, 0.25) is 0 Å². The fraction of sp³-hybridized carbons (Fsp3) is 0.357. The second kappa shape index (κ2) is 10.5. The molecule has 38 heavy (non-hydrogen) atoms. The van der Waals surface area contributed by atoms with Crippen molar-refractivity contribution in [1.29, 1.82) is 5.26 Å². The maximum Gasteiger partial charge on any atom is 0.325 e. The van der Waals surface area contributed by atoms with Crippen LogP contribution in [-0.2, 0) is 11.3 Å². The van der Waals surface area contributed by atoms with E-state index in [-0.39, 0.29) is 45.9 Å². The Hall–Kier alpha value is -3.87. The van der Waals surface area contributed by atoms with E-state index in [0.717, 1.165) is 12.8 Å². The average molecular weight is 536 g/mol. The van der Waals surface area contributed by atoms with Crippen molar-refractivity contribution in [3.05, 3.63) is 64.9 Å². The number of benzene rings is 2. The van der Waals surface area contributed by atoms with E-state index >= 15 is 0 Å². The van der Waals surface area contributed by atoms with Gasteiger partial charge in [-0.1, -0.05) is 23.7 Å². The van der Waals surface area contributed by atoms with Crippen molar-refractivity contribution >= 4 is 23.5 Å². The van der Waals surface area contributed by atoms with E-state index in [0.29, 0.717) is 22.4 Å². The smallest absolute Gasteiger partial charge is 0.325 e. The van der Waals surface area contributed by atoms with Crippen LogP contribution in [-0.4, -0.2) is 43.9 Å². The first-order valence-corrected chi connectivity index (χ1v) is 12.6. The number of carbonyl (C=O) groups is 2. The van der Waals surface area contributed by atoms with Crippen LogP contribution in [0, 0.1) is 11.3 Å². The molecule has 1 aromatic heterocycles. The minimum absolute atomic E-state index is 0.0178. The number of amides is 1. The van der Waals surface area contributed by atoms with E-state index in [1.165, 1.54) is 10.9 Å². The minimum Gasteiger partial charge on any atom is -0.480 e. The average Bonchev–Trinajstić information content (AvgIpc) is 3.25. The Bertz CT molecular complexity index is 1410. The van der Waals surface area contributed by atoms with Gasteiger partial charge in [0.15, 0.2) is 0 Å². The van der Waals surface area contributed by atoms with Gasteiger partial charge < -0.3 is 20.5 Å². The number of nitriles is 1. The maximum absolute atomic E-state index is 13.0. The fourth-order valence-electron chi connectivity index (χ4n) is 5.24. The van der Waals surface area contributed by atoms with Gasteiger partial charge in [-0.15, -0.1) is 0 Å². The van der Waals surface area contributed by atoms with Gasteiger partial charge in [-0.2, -0.15) is 10.4 Å². The Kier molecular flexibility index (Phi) is 7.49. The summed E-state index contributed by atoms with van der Waals surface area (Å²) in [6.45, 7) is 8.22. The van der Waals surface area contributed by atoms with Crippen LogP contribution < -0.4 is 15.4 Å². The molecule has 0 aliphatic carbocycles. The fourth-order valence-corrected chi connectivity index (χ4v) is 5.46. The third-order valence-electron chi connectivity index (χ3n) is 6.32. The van der Waals surface area contributed by atoms with E-state index in [9.17, 15) is 14.9 Å². The van der Waals surface area contributed by atoms with Crippen molar-refractivity contribution in [2.24, 2.45) is 0 Å². The van der Waals surface area contributed by atoms with Crippen molar-refractivity contribution < 1.29 is 19.4 Å². The number of halogens is 1. The molecule has 9 nitrogen and oxygen atoms in total. The molecule has 4 rings (SSSR count). The standard InChI is InChI=1S/C28H30ClN5O4/c1-27(2)11-19(12-28(3,4)33-27)32-26(37)17-8-9-24(22(29)10-17)38-23-7-5-6-20(21(23)13-30)18-14-31-34(15-18)16-25(35)36/h5-10,14-15,19,33H,11-12,16H2,1-4H3,(H,32,37)(H,35,36). The molecule has 1 amide bonds. The Morgan fingerprint density at radius 3 is 2.55 bits per heavy atom. The number of carboxylic acid groups (broad SMARTS) is 1. The Labute approximate surface area is 226 Å². The second-order valence-corrected chi connectivity index (χ2v) is 11.2. The lowest BCUT2D eigenvalue weighted by Gasteiger charge is -2.46. The van der Waals surface area contributed by atoms with Gasteiger partial charge in [-0.05, 0) is 64.8 Å². The quantitative estimate of drug-likeness (QED) is 0.388. The molecule has 0 saturated carbocycles. The largest absolute Gasteiger partial charge is 0.480 e. The van der Waals surface area contributed by atoms with Crippen LogP contribution in [0.15, 0.2) is 48.8 Å². The third kappa shape index (κ3) is 6.33. The first kappa shape index (κ1) is 27.2. The summed E-state index contributed by atoms with van der Waals surface area (Å²) in [7, 11) is 0. The molecule has 0 spiro atoms. The summed E-state index contributed by atoms with van der Waals surface area (Å²) >= 11 is 6.49. The molecule has 3 aromatic rings. The highest BCUT2D eigenvalue weighted by Crippen LogP contribution is 2.36. The summed E-state index contributed by atoms with van der Waals surface area (Å²) in [6, 6.07) is 12.0. The molecule has 0 unspecified atom stereocenters. The molecule has 198 valence electrons. The van der Waals surface area contributed by atoms with E-state index in [1.807, 2.05) is 0 Å². The number of aliphatic carboxylic acids is 1. The number of carbonyl (C=O) groups excluding carboxylic acids is 1. The maximum atomic E-state index is 13.0. The zero-order valence-electron chi connectivity index (χ0n) is 21.7. The van der Waals surface area contributed by atoms with Crippen LogP contribution in [0.5, 0.6) is 11.5 Å². The Morgan fingerprint density at radius 2 is 1.92 bits per heavy atom. The summed E-state index contributed by atoms with van der Waals surface area (Å²) in [5.74, 6) is -0.667. The highest BCUT2D eigenvalue weighted by molar-refractivity contribution is 6.32. The summed E-state index contributed by atoms with van der Waals surface area (Å²) in [5, 5.41) is 29.9. The topological polar surface area (TPSA) is 129 Å². The van der Waals surface area contributed by atoms with Crippen LogP contribution in [0.4, 0.5) is 0 Å². The van der Waals surface area contributed by atoms with E-state index < -0.39 is 5.97 Å². The van der Waals surface area contributed by atoms with Gasteiger partial charge in [0.05, 0.1) is 11.2 Å². The number of rotatable bonds is 7. The SMILES string of the molecule is CC1(C)CC(NC(=O)c2ccc(Oc3cccc(-c4cnn(CC(=O)O)c4)c3C#N)c(Cl)c2)CC(C)(C)N1. The number of ether oxygens (including phenoxy) is 1. The van der Waals surface area contributed by atoms with Gasteiger partial charge in [-0.25, -0.2) is 0 Å². The van der Waals surface area contributed by atoms with Gasteiger partial charge in [0, 0.05) is 40.0 Å². The highest BCUT2D eigenvalue weighted by Gasteiger charge is 2.38. The zero-order valence-corrected chi connectivity index (χ0v) is 22.5. The third-order valence-corrected chi connectivity index (χ3v) is 6.61. The first-order chi connectivity index (χ1) is 17.9. The van der Waals surface area contributed by atoms with Gasteiger partial charge >= 0.3 is 5.97 Å².